The number of carboxylic acid groups (broad SMARTS) is 2. The summed E-state index contributed by atoms with van der Waals surface area (Å²) in [6.07, 6.45) is -2.09. The van der Waals surface area contributed by atoms with Crippen LogP contribution in [0, 0.1) is 0 Å². The molecule has 22 heavy (non-hydrogen) atoms. The highest BCUT2D eigenvalue weighted by Crippen LogP contribution is 1.96. The largest absolute Gasteiger partial charge is 0.481 e. The van der Waals surface area contributed by atoms with Gasteiger partial charge in [0.15, 0.2) is 6.04 Å². The third-order valence-corrected chi connectivity index (χ3v) is 2.59. The second-order valence-electron chi connectivity index (χ2n) is 4.51. The number of nitrogens with one attached hydrogen (secondary N) is 2. The van der Waals surface area contributed by atoms with Crippen molar-refractivity contribution >= 4 is 23.8 Å². The van der Waals surface area contributed by atoms with E-state index in [1.165, 1.54) is 0 Å². The van der Waals surface area contributed by atoms with E-state index in [1.807, 2.05) is 10.6 Å². The van der Waals surface area contributed by atoms with Crippen molar-refractivity contribution in [3.05, 3.63) is 0 Å². The highest BCUT2D eigenvalue weighted by molar-refractivity contribution is 5.93. The van der Waals surface area contributed by atoms with Crippen LogP contribution < -0.4 is 16.4 Å². The molecule has 0 aliphatic heterocycles. The first-order chi connectivity index (χ1) is 10.1. The van der Waals surface area contributed by atoms with Crippen LogP contribution in [0.4, 0.5) is 0 Å². The molecule has 0 aromatic rings. The predicted molar refractivity (Wildman–Crippen MR) is 70.5 cm³/mol. The van der Waals surface area contributed by atoms with Gasteiger partial charge in [0, 0.05) is 0 Å². The molecule has 0 radical (unpaired) electrons. The molecule has 11 nitrogen and oxygen atoms in total. The lowest BCUT2D eigenvalue weighted by Gasteiger charge is -2.22. The molecule has 0 saturated carbocycles. The standard InChI is InChI=1S/C11H19N3O8/c1-4(16)8(11(21)22)14-10(20)6(3-15)13-9(19)5(12)2-7(17)18/h4-6,8,15-16H,2-3,12H2,1H3,(H,13,19)(H,14,20)(H,17,18)(H,21,22)/t4-,5+,6+,8+/m1/s1. The second-order valence-corrected chi connectivity index (χ2v) is 4.51. The average Bonchev–Trinajstić information content (AvgIpc) is 2.39. The maximum Gasteiger partial charge on any atom is 0.328 e. The molecule has 0 aromatic heterocycles. The van der Waals surface area contributed by atoms with Crippen molar-refractivity contribution in [3.63, 3.8) is 0 Å². The zero-order valence-corrected chi connectivity index (χ0v) is 11.7. The molecule has 0 aromatic carbocycles. The van der Waals surface area contributed by atoms with Gasteiger partial charge in [-0.2, -0.15) is 0 Å². The highest BCUT2D eigenvalue weighted by Gasteiger charge is 2.30. The monoisotopic (exact) mass is 321 g/mol. The quantitative estimate of drug-likeness (QED) is 0.222. The summed E-state index contributed by atoms with van der Waals surface area (Å²) < 4.78 is 0. The van der Waals surface area contributed by atoms with E-state index in [0.717, 1.165) is 6.92 Å². The molecule has 0 aliphatic carbocycles. The first-order valence-corrected chi connectivity index (χ1v) is 6.20. The molecule has 0 heterocycles. The van der Waals surface area contributed by atoms with Gasteiger partial charge in [-0.05, 0) is 6.92 Å². The van der Waals surface area contributed by atoms with Gasteiger partial charge in [-0.15, -0.1) is 0 Å². The van der Waals surface area contributed by atoms with Crippen LogP contribution in [0.3, 0.4) is 0 Å². The molecule has 0 bridgehead atoms. The third kappa shape index (κ3) is 6.47. The van der Waals surface area contributed by atoms with Crippen molar-refractivity contribution in [2.45, 2.75) is 37.6 Å². The molecule has 0 aliphatic rings. The number of amides is 2. The number of nitrogens with two attached hydrogens (primary N) is 1. The molecule has 8 N–H and O–H groups in total. The zero-order chi connectivity index (χ0) is 17.4. The van der Waals surface area contributed by atoms with Crippen LogP contribution in [0.5, 0.6) is 0 Å². The molecule has 0 spiro atoms. The van der Waals surface area contributed by atoms with Gasteiger partial charge in [0.05, 0.1) is 25.2 Å². The number of rotatable bonds is 9. The van der Waals surface area contributed by atoms with Crippen LogP contribution in [0.25, 0.3) is 0 Å². The van der Waals surface area contributed by atoms with Crippen molar-refractivity contribution in [1.29, 1.82) is 0 Å². The maximum atomic E-state index is 11.8. The third-order valence-electron chi connectivity index (χ3n) is 2.59. The number of aliphatic carboxylic acids is 2. The SMILES string of the molecule is C[C@@H](O)[C@H](NC(=O)[C@H](CO)NC(=O)[C@@H](N)CC(=O)O)C(=O)O. The van der Waals surface area contributed by atoms with E-state index in [2.05, 4.69) is 0 Å². The summed E-state index contributed by atoms with van der Waals surface area (Å²) in [5, 5.41) is 39.5. The van der Waals surface area contributed by atoms with E-state index in [0.29, 0.717) is 0 Å². The Labute approximate surface area is 125 Å². The first-order valence-electron chi connectivity index (χ1n) is 6.20. The maximum absolute atomic E-state index is 11.8. The Morgan fingerprint density at radius 3 is 2.00 bits per heavy atom. The molecule has 4 atom stereocenters. The molecular formula is C11H19N3O8. The normalized spacial score (nSPS) is 16.0. The highest BCUT2D eigenvalue weighted by atomic mass is 16.4. The van der Waals surface area contributed by atoms with Crippen LogP contribution in [-0.4, -0.2) is 75.0 Å². The molecular weight excluding hydrogens is 302 g/mol. The number of carbonyl (C=O) groups excluding carboxylic acids is 2. The number of hydrogen-bond acceptors (Lipinski definition) is 7. The first kappa shape index (κ1) is 19.8. The summed E-state index contributed by atoms with van der Waals surface area (Å²) in [5.41, 5.74) is 5.28. The fraction of sp³-hybridized carbons (Fsp3) is 0.636. The lowest BCUT2D eigenvalue weighted by Crippen LogP contribution is -2.57. The van der Waals surface area contributed by atoms with Crippen molar-refractivity contribution in [2.24, 2.45) is 5.73 Å². The number of carboxylic acids is 2. The van der Waals surface area contributed by atoms with E-state index >= 15 is 0 Å². The second kappa shape index (κ2) is 8.92. The molecule has 11 heteroatoms. The number of aliphatic hydroxyl groups is 2. The Bertz CT molecular complexity index is 439. The van der Waals surface area contributed by atoms with Crippen molar-refractivity contribution < 1.29 is 39.6 Å². The Morgan fingerprint density at radius 1 is 1.09 bits per heavy atom. The number of hydrogen-bond donors (Lipinski definition) is 7. The van der Waals surface area contributed by atoms with Crippen LogP contribution in [0.1, 0.15) is 13.3 Å². The summed E-state index contributed by atoms with van der Waals surface area (Å²) in [4.78, 5) is 44.6. The topological polar surface area (TPSA) is 199 Å². The molecule has 0 unspecified atom stereocenters. The van der Waals surface area contributed by atoms with Gasteiger partial charge in [0.25, 0.3) is 0 Å². The summed E-state index contributed by atoms with van der Waals surface area (Å²) >= 11 is 0. The molecule has 0 rings (SSSR count). The van der Waals surface area contributed by atoms with Crippen molar-refractivity contribution in [3.8, 4) is 0 Å². The smallest absolute Gasteiger partial charge is 0.328 e. The van der Waals surface area contributed by atoms with E-state index < -0.39 is 61.0 Å². The fourth-order valence-electron chi connectivity index (χ4n) is 1.40. The Balaban J connectivity index is 4.75. The minimum Gasteiger partial charge on any atom is -0.481 e. The van der Waals surface area contributed by atoms with Gasteiger partial charge in [0.1, 0.15) is 6.04 Å². The van der Waals surface area contributed by atoms with Crippen LogP contribution in [0.15, 0.2) is 0 Å². The van der Waals surface area contributed by atoms with Gasteiger partial charge in [-0.25, -0.2) is 4.79 Å². The Kier molecular flexibility index (Phi) is 8.01. The van der Waals surface area contributed by atoms with Crippen LogP contribution in [-0.2, 0) is 19.2 Å². The Hall–Kier alpha value is -2.24. The van der Waals surface area contributed by atoms with Gasteiger partial charge >= 0.3 is 11.9 Å². The number of carbonyl (C=O) groups is 4. The summed E-state index contributed by atoms with van der Waals surface area (Å²) in [7, 11) is 0. The van der Waals surface area contributed by atoms with Gasteiger partial charge in [-0.3, -0.25) is 14.4 Å². The summed E-state index contributed by atoms with van der Waals surface area (Å²) in [5.74, 6) is -4.89. The molecule has 0 saturated heterocycles. The fourth-order valence-corrected chi connectivity index (χ4v) is 1.40. The van der Waals surface area contributed by atoms with E-state index in [1.54, 1.807) is 0 Å². The minimum absolute atomic E-state index is 0.684. The van der Waals surface area contributed by atoms with Gasteiger partial charge in [-0.1, -0.05) is 0 Å². The summed E-state index contributed by atoms with van der Waals surface area (Å²) in [6, 6.07) is -4.61. The van der Waals surface area contributed by atoms with E-state index in [9.17, 15) is 24.3 Å². The predicted octanol–water partition coefficient (Wildman–Crippen LogP) is -3.78. The van der Waals surface area contributed by atoms with Crippen molar-refractivity contribution in [2.75, 3.05) is 6.61 Å². The van der Waals surface area contributed by atoms with Crippen LogP contribution >= 0.6 is 0 Å². The molecule has 126 valence electrons. The molecule has 0 fully saturated rings. The van der Waals surface area contributed by atoms with Gasteiger partial charge < -0.3 is 36.8 Å². The lowest BCUT2D eigenvalue weighted by atomic mass is 10.1. The minimum atomic E-state index is -1.63. The van der Waals surface area contributed by atoms with E-state index in [-0.39, 0.29) is 0 Å². The zero-order valence-electron chi connectivity index (χ0n) is 11.7. The lowest BCUT2D eigenvalue weighted by molar-refractivity contribution is -0.145. The van der Waals surface area contributed by atoms with Gasteiger partial charge in [0.2, 0.25) is 11.8 Å². The number of aliphatic hydroxyl groups excluding tert-OH is 2. The Morgan fingerprint density at radius 2 is 1.64 bits per heavy atom. The van der Waals surface area contributed by atoms with E-state index in [4.69, 9.17) is 21.1 Å². The molecule has 2 amide bonds. The average molecular weight is 321 g/mol. The van der Waals surface area contributed by atoms with Crippen molar-refractivity contribution in [1.82, 2.24) is 10.6 Å². The summed E-state index contributed by atoms with van der Waals surface area (Å²) in [6.45, 7) is 0.262. The van der Waals surface area contributed by atoms with Crippen LogP contribution in [0.2, 0.25) is 0 Å².